The topological polar surface area (TPSA) is 40.5 Å². The summed E-state index contributed by atoms with van der Waals surface area (Å²) in [5.74, 6) is 0.200. The maximum absolute atomic E-state index is 12.2. The third-order valence-corrected chi connectivity index (χ3v) is 4.40. The third kappa shape index (κ3) is 3.17. The summed E-state index contributed by atoms with van der Waals surface area (Å²) in [5, 5.41) is 10.4. The molecule has 5 heteroatoms. The van der Waals surface area contributed by atoms with Crippen molar-refractivity contribution < 1.29 is 9.90 Å². The van der Waals surface area contributed by atoms with E-state index in [-0.39, 0.29) is 18.6 Å². The molecule has 1 aliphatic rings. The van der Waals surface area contributed by atoms with Crippen molar-refractivity contribution in [3.63, 3.8) is 0 Å². The fraction of sp³-hybridized carbons (Fsp3) is 0.400. The van der Waals surface area contributed by atoms with Crippen molar-refractivity contribution >= 4 is 35.2 Å². The molecule has 2 unspecified atom stereocenters. The van der Waals surface area contributed by atoms with E-state index in [9.17, 15) is 9.90 Å². The molecule has 0 aliphatic carbocycles. The number of likely N-dealkylation sites (tertiary alicyclic amines) is 1. The van der Waals surface area contributed by atoms with Crippen molar-refractivity contribution in [3.05, 3.63) is 39.9 Å². The van der Waals surface area contributed by atoms with Crippen LogP contribution in [0.25, 0.3) is 6.08 Å². The van der Waals surface area contributed by atoms with Gasteiger partial charge in [-0.15, -0.1) is 0 Å². The molecule has 1 aromatic carbocycles. The molecule has 0 saturated carbocycles. The number of carbonyl (C=O) groups is 1. The highest BCUT2D eigenvalue weighted by atomic mass is 35.5. The van der Waals surface area contributed by atoms with Crippen molar-refractivity contribution in [1.82, 2.24) is 4.90 Å². The van der Waals surface area contributed by atoms with Crippen LogP contribution in [0, 0.1) is 5.92 Å². The molecule has 0 radical (unpaired) electrons. The van der Waals surface area contributed by atoms with Crippen LogP contribution < -0.4 is 0 Å². The quantitative estimate of drug-likeness (QED) is 0.870. The molecule has 1 aliphatic heterocycles. The van der Waals surface area contributed by atoms with Crippen LogP contribution >= 0.6 is 23.2 Å². The number of benzene rings is 1. The van der Waals surface area contributed by atoms with E-state index in [4.69, 9.17) is 23.2 Å². The Labute approximate surface area is 128 Å². The summed E-state index contributed by atoms with van der Waals surface area (Å²) in [7, 11) is 0. The SMILES string of the molecule is CC1CCN(C(=O)/C=C/c2c(Cl)cccc2Cl)C1CO. The molecule has 1 N–H and O–H groups in total. The summed E-state index contributed by atoms with van der Waals surface area (Å²) < 4.78 is 0. The second-order valence-corrected chi connectivity index (χ2v) is 5.83. The van der Waals surface area contributed by atoms with Gasteiger partial charge in [-0.25, -0.2) is 0 Å². The number of aliphatic hydroxyl groups is 1. The van der Waals surface area contributed by atoms with E-state index < -0.39 is 0 Å². The fourth-order valence-corrected chi connectivity index (χ4v) is 3.00. The number of nitrogens with zero attached hydrogens (tertiary/aromatic N) is 1. The van der Waals surface area contributed by atoms with Crippen molar-refractivity contribution in [2.24, 2.45) is 5.92 Å². The Kier molecular flexibility index (Phi) is 5.08. The summed E-state index contributed by atoms with van der Waals surface area (Å²) in [6.07, 6.45) is 4.01. The summed E-state index contributed by atoms with van der Waals surface area (Å²) in [5.41, 5.74) is 0.636. The number of hydrogen-bond acceptors (Lipinski definition) is 2. The molecular formula is C15H17Cl2NO2. The molecule has 1 fully saturated rings. The molecule has 108 valence electrons. The smallest absolute Gasteiger partial charge is 0.246 e. The highest BCUT2D eigenvalue weighted by Crippen LogP contribution is 2.27. The lowest BCUT2D eigenvalue weighted by molar-refractivity contribution is -0.127. The first-order valence-corrected chi connectivity index (χ1v) is 7.33. The van der Waals surface area contributed by atoms with E-state index in [2.05, 4.69) is 0 Å². The maximum atomic E-state index is 12.2. The summed E-state index contributed by atoms with van der Waals surface area (Å²) >= 11 is 12.1. The van der Waals surface area contributed by atoms with Crippen LogP contribution in [0.5, 0.6) is 0 Å². The second-order valence-electron chi connectivity index (χ2n) is 5.02. The number of halogens is 2. The Morgan fingerprint density at radius 2 is 2.10 bits per heavy atom. The van der Waals surface area contributed by atoms with Gasteiger partial charge in [0, 0.05) is 28.2 Å². The van der Waals surface area contributed by atoms with Gasteiger partial charge in [0.05, 0.1) is 12.6 Å². The van der Waals surface area contributed by atoms with Crippen molar-refractivity contribution in [2.45, 2.75) is 19.4 Å². The van der Waals surface area contributed by atoms with Gasteiger partial charge in [-0.2, -0.15) is 0 Å². The van der Waals surface area contributed by atoms with Gasteiger partial charge in [0.1, 0.15) is 0 Å². The Morgan fingerprint density at radius 3 is 2.70 bits per heavy atom. The zero-order valence-corrected chi connectivity index (χ0v) is 12.7. The van der Waals surface area contributed by atoms with Crippen LogP contribution in [-0.2, 0) is 4.79 Å². The lowest BCUT2D eigenvalue weighted by Gasteiger charge is -2.23. The molecule has 1 amide bonds. The molecule has 2 rings (SSSR count). The van der Waals surface area contributed by atoms with Crippen LogP contribution in [0.4, 0.5) is 0 Å². The van der Waals surface area contributed by atoms with E-state index in [1.165, 1.54) is 6.08 Å². The van der Waals surface area contributed by atoms with Gasteiger partial charge in [0.15, 0.2) is 0 Å². The summed E-state index contributed by atoms with van der Waals surface area (Å²) in [6, 6.07) is 5.11. The van der Waals surface area contributed by atoms with Gasteiger partial charge >= 0.3 is 0 Å². The van der Waals surface area contributed by atoms with Gasteiger partial charge in [0.25, 0.3) is 0 Å². The lowest BCUT2D eigenvalue weighted by Crippen LogP contribution is -2.38. The first kappa shape index (κ1) is 15.4. The monoisotopic (exact) mass is 313 g/mol. The molecule has 3 nitrogen and oxygen atoms in total. The third-order valence-electron chi connectivity index (χ3n) is 3.74. The maximum Gasteiger partial charge on any atom is 0.246 e. The average molecular weight is 314 g/mol. The first-order valence-electron chi connectivity index (χ1n) is 6.58. The summed E-state index contributed by atoms with van der Waals surface area (Å²) in [4.78, 5) is 13.9. The van der Waals surface area contributed by atoms with Crippen LogP contribution in [0.2, 0.25) is 10.0 Å². The number of amides is 1. The molecule has 2 atom stereocenters. The molecule has 20 heavy (non-hydrogen) atoms. The van der Waals surface area contributed by atoms with Crippen LogP contribution in [0.1, 0.15) is 18.9 Å². The van der Waals surface area contributed by atoms with E-state index in [1.807, 2.05) is 6.92 Å². The standard InChI is InChI=1S/C15H17Cl2NO2/c1-10-7-8-18(14(10)9-19)15(20)6-5-11-12(16)3-2-4-13(11)17/h2-6,10,14,19H,7-9H2,1H3/b6-5+. The predicted molar refractivity (Wildman–Crippen MR) is 81.9 cm³/mol. The molecule has 1 heterocycles. The van der Waals surface area contributed by atoms with Gasteiger partial charge in [-0.3, -0.25) is 4.79 Å². The van der Waals surface area contributed by atoms with Crippen LogP contribution in [0.15, 0.2) is 24.3 Å². The zero-order valence-electron chi connectivity index (χ0n) is 11.2. The molecule has 0 aromatic heterocycles. The minimum absolute atomic E-state index is 0.00635. The minimum Gasteiger partial charge on any atom is -0.394 e. The lowest BCUT2D eigenvalue weighted by atomic mass is 10.0. The number of rotatable bonds is 3. The molecular weight excluding hydrogens is 297 g/mol. The Hall–Kier alpha value is -1.03. The highest BCUT2D eigenvalue weighted by molar-refractivity contribution is 6.37. The Balaban J connectivity index is 2.14. The van der Waals surface area contributed by atoms with E-state index in [0.717, 1.165) is 6.42 Å². The van der Waals surface area contributed by atoms with Gasteiger partial charge in [-0.1, -0.05) is 36.2 Å². The van der Waals surface area contributed by atoms with Crippen LogP contribution in [-0.4, -0.2) is 35.1 Å². The van der Waals surface area contributed by atoms with Crippen molar-refractivity contribution in [3.8, 4) is 0 Å². The average Bonchev–Trinajstić information content (AvgIpc) is 2.79. The molecule has 0 bridgehead atoms. The Morgan fingerprint density at radius 1 is 1.45 bits per heavy atom. The summed E-state index contributed by atoms with van der Waals surface area (Å²) in [6.45, 7) is 2.71. The first-order chi connectivity index (χ1) is 9.54. The molecule has 1 aromatic rings. The van der Waals surface area contributed by atoms with Crippen LogP contribution in [0.3, 0.4) is 0 Å². The van der Waals surface area contributed by atoms with E-state index in [0.29, 0.717) is 28.1 Å². The van der Waals surface area contributed by atoms with E-state index in [1.54, 1.807) is 29.2 Å². The minimum atomic E-state index is -0.121. The number of aliphatic hydroxyl groups excluding tert-OH is 1. The fourth-order valence-electron chi connectivity index (χ4n) is 2.48. The van der Waals surface area contributed by atoms with Gasteiger partial charge in [0.2, 0.25) is 5.91 Å². The van der Waals surface area contributed by atoms with Crippen molar-refractivity contribution in [1.29, 1.82) is 0 Å². The normalized spacial score (nSPS) is 22.7. The molecule has 0 spiro atoms. The van der Waals surface area contributed by atoms with E-state index >= 15 is 0 Å². The largest absolute Gasteiger partial charge is 0.394 e. The number of hydrogen-bond donors (Lipinski definition) is 1. The van der Waals surface area contributed by atoms with Gasteiger partial charge < -0.3 is 10.0 Å². The number of carbonyl (C=O) groups excluding carboxylic acids is 1. The molecule has 1 saturated heterocycles. The predicted octanol–water partition coefficient (Wildman–Crippen LogP) is 3.24. The Bertz CT molecular complexity index is 510. The second kappa shape index (κ2) is 6.61. The zero-order chi connectivity index (χ0) is 14.7. The highest BCUT2D eigenvalue weighted by Gasteiger charge is 2.32. The van der Waals surface area contributed by atoms with Crippen molar-refractivity contribution in [2.75, 3.05) is 13.2 Å². The van der Waals surface area contributed by atoms with Gasteiger partial charge in [-0.05, 0) is 30.5 Å².